The monoisotopic (exact) mass is 478 g/mol. The van der Waals surface area contributed by atoms with E-state index in [1.165, 1.54) is 12.1 Å². The van der Waals surface area contributed by atoms with E-state index in [1.54, 1.807) is 40.9 Å². The predicted molar refractivity (Wildman–Crippen MR) is 127 cm³/mol. The van der Waals surface area contributed by atoms with Crippen molar-refractivity contribution in [1.82, 2.24) is 9.38 Å². The van der Waals surface area contributed by atoms with Crippen molar-refractivity contribution in [2.24, 2.45) is 0 Å². The maximum atomic E-state index is 12.8. The summed E-state index contributed by atoms with van der Waals surface area (Å²) in [6.07, 6.45) is 4.23. The molecule has 1 aliphatic rings. The number of hydrogen-bond donors (Lipinski definition) is 2. The van der Waals surface area contributed by atoms with Gasteiger partial charge in [0.05, 0.1) is 18.1 Å². The minimum atomic E-state index is -3.84. The standard InChI is InChI=1S/C24H22N4O5S/c1-16-9-10-28-15-20(26-23(28)13-16)24(29)25-17-3-5-18(6-4-17)27-34(30,31)19-7-8-21-22(14-19)33-12-2-11-32-21/h3-10,13-15,27H,2,11-12H2,1H3,(H,25,29). The van der Waals surface area contributed by atoms with Gasteiger partial charge in [0.15, 0.2) is 11.5 Å². The Morgan fingerprint density at radius 1 is 0.971 bits per heavy atom. The average Bonchev–Trinajstić information content (AvgIpc) is 3.09. The van der Waals surface area contributed by atoms with Crippen LogP contribution < -0.4 is 19.5 Å². The summed E-state index contributed by atoms with van der Waals surface area (Å²) in [6.45, 7) is 2.95. The van der Waals surface area contributed by atoms with Crippen LogP contribution in [0, 0.1) is 6.92 Å². The number of anilines is 2. The van der Waals surface area contributed by atoms with Crippen LogP contribution in [0.25, 0.3) is 5.65 Å². The summed E-state index contributed by atoms with van der Waals surface area (Å²) in [5.74, 6) is 0.569. The average molecular weight is 479 g/mol. The Labute approximate surface area is 196 Å². The van der Waals surface area contributed by atoms with Gasteiger partial charge in [0.25, 0.3) is 15.9 Å². The fourth-order valence-electron chi connectivity index (χ4n) is 3.53. The molecular formula is C24H22N4O5S. The van der Waals surface area contributed by atoms with Gasteiger partial charge in [-0.25, -0.2) is 13.4 Å². The van der Waals surface area contributed by atoms with E-state index in [-0.39, 0.29) is 16.5 Å². The van der Waals surface area contributed by atoms with Gasteiger partial charge in [0.1, 0.15) is 11.3 Å². The lowest BCUT2D eigenvalue weighted by atomic mass is 10.3. The number of aryl methyl sites for hydroxylation is 1. The number of rotatable bonds is 5. The summed E-state index contributed by atoms with van der Waals surface area (Å²) >= 11 is 0. The molecule has 10 heteroatoms. The number of nitrogens with one attached hydrogen (secondary N) is 2. The minimum Gasteiger partial charge on any atom is -0.490 e. The molecule has 0 atom stereocenters. The highest BCUT2D eigenvalue weighted by atomic mass is 32.2. The van der Waals surface area contributed by atoms with Crippen LogP contribution in [0.5, 0.6) is 11.5 Å². The van der Waals surface area contributed by atoms with Gasteiger partial charge in [-0.3, -0.25) is 9.52 Å². The maximum absolute atomic E-state index is 12.8. The van der Waals surface area contributed by atoms with Gasteiger partial charge in [-0.15, -0.1) is 0 Å². The SMILES string of the molecule is Cc1ccn2cc(C(=O)Nc3ccc(NS(=O)(=O)c4ccc5c(c4)OCCCO5)cc3)nc2c1. The topological polar surface area (TPSA) is 111 Å². The largest absolute Gasteiger partial charge is 0.490 e. The highest BCUT2D eigenvalue weighted by Crippen LogP contribution is 2.32. The molecule has 2 N–H and O–H groups in total. The lowest BCUT2D eigenvalue weighted by Crippen LogP contribution is -2.14. The molecule has 2 aromatic carbocycles. The van der Waals surface area contributed by atoms with E-state index in [4.69, 9.17) is 9.47 Å². The highest BCUT2D eigenvalue weighted by molar-refractivity contribution is 7.92. The fraction of sp³-hybridized carbons (Fsp3) is 0.167. The summed E-state index contributed by atoms with van der Waals surface area (Å²) in [5.41, 5.74) is 2.88. The molecule has 4 aromatic rings. The molecule has 3 heterocycles. The molecule has 1 amide bonds. The third-order valence-corrected chi connectivity index (χ3v) is 6.65. The van der Waals surface area contributed by atoms with Crippen LogP contribution >= 0.6 is 0 Å². The number of carbonyl (C=O) groups is 1. The first-order valence-electron chi connectivity index (χ1n) is 10.7. The lowest BCUT2D eigenvalue weighted by molar-refractivity contribution is 0.102. The van der Waals surface area contributed by atoms with Crippen molar-refractivity contribution in [3.63, 3.8) is 0 Å². The van der Waals surface area contributed by atoms with Crippen LogP contribution in [0.4, 0.5) is 11.4 Å². The van der Waals surface area contributed by atoms with Gasteiger partial charge in [0.2, 0.25) is 0 Å². The number of fused-ring (bicyclic) bond motifs is 2. The smallest absolute Gasteiger partial charge is 0.275 e. The number of ether oxygens (including phenoxy) is 2. The van der Waals surface area contributed by atoms with Crippen molar-refractivity contribution in [2.75, 3.05) is 23.3 Å². The van der Waals surface area contributed by atoms with Crippen LogP contribution in [0.3, 0.4) is 0 Å². The number of carbonyl (C=O) groups excluding carboxylic acids is 1. The van der Waals surface area contributed by atoms with Crippen LogP contribution in [-0.2, 0) is 10.0 Å². The summed E-state index contributed by atoms with van der Waals surface area (Å²) in [7, 11) is -3.84. The molecule has 0 unspecified atom stereocenters. The first kappa shape index (κ1) is 21.8. The molecule has 0 saturated heterocycles. The van der Waals surface area contributed by atoms with Gasteiger partial charge < -0.3 is 19.2 Å². The molecule has 0 bridgehead atoms. The van der Waals surface area contributed by atoms with Gasteiger partial charge in [-0.05, 0) is 61.0 Å². The number of amides is 1. The number of sulfonamides is 1. The van der Waals surface area contributed by atoms with Crippen LogP contribution in [0.1, 0.15) is 22.5 Å². The van der Waals surface area contributed by atoms with Gasteiger partial charge in [-0.1, -0.05) is 0 Å². The van der Waals surface area contributed by atoms with Crippen molar-refractivity contribution in [2.45, 2.75) is 18.2 Å². The number of hydrogen-bond acceptors (Lipinski definition) is 6. The van der Waals surface area contributed by atoms with E-state index in [2.05, 4.69) is 15.0 Å². The zero-order valence-corrected chi connectivity index (χ0v) is 19.1. The molecule has 0 spiro atoms. The summed E-state index contributed by atoms with van der Waals surface area (Å²) < 4.78 is 41.1. The first-order chi connectivity index (χ1) is 16.4. The molecular weight excluding hydrogens is 456 g/mol. The lowest BCUT2D eigenvalue weighted by Gasteiger charge is -2.12. The number of imidazole rings is 1. The van der Waals surface area contributed by atoms with Crippen molar-refractivity contribution in [3.8, 4) is 11.5 Å². The van der Waals surface area contributed by atoms with Gasteiger partial charge in [-0.2, -0.15) is 0 Å². The van der Waals surface area contributed by atoms with E-state index in [9.17, 15) is 13.2 Å². The molecule has 5 rings (SSSR count). The van der Waals surface area contributed by atoms with E-state index in [0.717, 1.165) is 12.0 Å². The molecule has 9 nitrogen and oxygen atoms in total. The van der Waals surface area contributed by atoms with E-state index in [0.29, 0.717) is 41.7 Å². The molecule has 2 aromatic heterocycles. The van der Waals surface area contributed by atoms with E-state index >= 15 is 0 Å². The predicted octanol–water partition coefficient (Wildman–Crippen LogP) is 3.86. The highest BCUT2D eigenvalue weighted by Gasteiger charge is 2.19. The van der Waals surface area contributed by atoms with Crippen molar-refractivity contribution >= 4 is 33.0 Å². The summed E-state index contributed by atoms with van der Waals surface area (Å²) in [5, 5.41) is 2.77. The van der Waals surface area contributed by atoms with Crippen LogP contribution in [0.2, 0.25) is 0 Å². The molecule has 34 heavy (non-hydrogen) atoms. The second-order valence-electron chi connectivity index (χ2n) is 7.89. The molecule has 0 saturated carbocycles. The molecule has 174 valence electrons. The Hall–Kier alpha value is -4.05. The Kier molecular flexibility index (Phi) is 5.58. The normalized spacial score (nSPS) is 13.3. The van der Waals surface area contributed by atoms with E-state index in [1.807, 2.05) is 25.3 Å². The quantitative estimate of drug-likeness (QED) is 0.451. The first-order valence-corrected chi connectivity index (χ1v) is 12.1. The fourth-order valence-corrected chi connectivity index (χ4v) is 4.61. The van der Waals surface area contributed by atoms with Crippen LogP contribution in [-0.4, -0.2) is 36.9 Å². The summed E-state index contributed by atoms with van der Waals surface area (Å²) in [4.78, 5) is 17.0. The minimum absolute atomic E-state index is 0.0659. The third kappa shape index (κ3) is 4.53. The van der Waals surface area contributed by atoms with Gasteiger partial charge in [0, 0.05) is 36.3 Å². The molecule has 1 aliphatic heterocycles. The van der Waals surface area contributed by atoms with E-state index < -0.39 is 10.0 Å². The Morgan fingerprint density at radius 2 is 1.71 bits per heavy atom. The Bertz CT molecular complexity index is 1480. The van der Waals surface area contributed by atoms with Gasteiger partial charge >= 0.3 is 0 Å². The molecule has 0 radical (unpaired) electrons. The molecule has 0 aliphatic carbocycles. The Balaban J connectivity index is 1.28. The number of nitrogens with zero attached hydrogens (tertiary/aromatic N) is 2. The number of pyridine rings is 1. The third-order valence-electron chi connectivity index (χ3n) is 5.27. The summed E-state index contributed by atoms with van der Waals surface area (Å²) in [6, 6.07) is 14.7. The van der Waals surface area contributed by atoms with Crippen LogP contribution in [0.15, 0.2) is 71.9 Å². The number of aromatic nitrogens is 2. The number of benzene rings is 2. The van der Waals surface area contributed by atoms with Crippen molar-refractivity contribution in [1.29, 1.82) is 0 Å². The molecule has 0 fully saturated rings. The Morgan fingerprint density at radius 3 is 2.50 bits per heavy atom. The maximum Gasteiger partial charge on any atom is 0.275 e. The second kappa shape index (κ2) is 8.71. The zero-order valence-electron chi connectivity index (χ0n) is 18.3. The van der Waals surface area contributed by atoms with Crippen molar-refractivity contribution < 1.29 is 22.7 Å². The second-order valence-corrected chi connectivity index (χ2v) is 9.57. The zero-order chi connectivity index (χ0) is 23.7. The van der Waals surface area contributed by atoms with Crippen molar-refractivity contribution in [3.05, 3.63) is 78.2 Å².